The largest absolute Gasteiger partial charge is 2.00 e. The SMILES string of the molecule is NC(N)=S.[Cl-].[Cl-].[Cu+2]. The van der Waals surface area contributed by atoms with E-state index < -0.39 is 0 Å². The molecule has 0 atom stereocenters. The fourth-order valence-corrected chi connectivity index (χ4v) is 0. The normalized spacial score (nSPS) is 3.43. The second-order valence-corrected chi connectivity index (χ2v) is 0.874. The number of hydrogen-bond acceptors (Lipinski definition) is 1. The van der Waals surface area contributed by atoms with E-state index in [1.54, 1.807) is 0 Å². The van der Waals surface area contributed by atoms with Crippen LogP contribution < -0.4 is 36.3 Å². The van der Waals surface area contributed by atoms with Crippen LogP contribution in [-0.4, -0.2) is 5.11 Å². The van der Waals surface area contributed by atoms with Crippen molar-refractivity contribution < 1.29 is 41.9 Å². The Morgan fingerprint density at radius 3 is 1.14 bits per heavy atom. The molecular weight excluding hydrogens is 207 g/mol. The van der Waals surface area contributed by atoms with E-state index in [4.69, 9.17) is 0 Å². The second-order valence-electron chi connectivity index (χ2n) is 0.402. The molecule has 1 radical (unpaired) electrons. The van der Waals surface area contributed by atoms with E-state index in [-0.39, 0.29) is 47.0 Å². The molecule has 0 aliphatic carbocycles. The van der Waals surface area contributed by atoms with Gasteiger partial charge in [-0.1, -0.05) is 0 Å². The Kier molecular flexibility index (Phi) is 56.6. The molecule has 49 valence electrons. The van der Waals surface area contributed by atoms with Crippen LogP contribution in [0.4, 0.5) is 0 Å². The van der Waals surface area contributed by atoms with Gasteiger partial charge in [-0.3, -0.25) is 0 Å². The molecular formula is CH4Cl2CuN2S. The van der Waals surface area contributed by atoms with Crippen LogP contribution in [0.1, 0.15) is 0 Å². The summed E-state index contributed by atoms with van der Waals surface area (Å²) in [6.45, 7) is 0. The van der Waals surface area contributed by atoms with E-state index in [1.165, 1.54) is 0 Å². The Labute approximate surface area is 70.7 Å². The fraction of sp³-hybridized carbons (Fsp3) is 0. The van der Waals surface area contributed by atoms with E-state index in [9.17, 15) is 0 Å². The van der Waals surface area contributed by atoms with Crippen molar-refractivity contribution in [3.63, 3.8) is 0 Å². The third kappa shape index (κ3) is 250. The summed E-state index contributed by atoms with van der Waals surface area (Å²) in [5, 5.41) is 0.000000000000000222. The molecule has 0 amide bonds. The van der Waals surface area contributed by atoms with Gasteiger partial charge in [0, 0.05) is 0 Å². The van der Waals surface area contributed by atoms with Crippen LogP contribution in [0.5, 0.6) is 0 Å². The molecule has 0 fully saturated rings. The fourth-order valence-electron chi connectivity index (χ4n) is 0. The molecule has 6 heteroatoms. The predicted octanol–water partition coefficient (Wildman–Crippen LogP) is -6.81. The Morgan fingerprint density at radius 1 is 1.14 bits per heavy atom. The molecule has 2 nitrogen and oxygen atoms in total. The molecule has 0 spiro atoms. The second kappa shape index (κ2) is 15.8. The van der Waals surface area contributed by atoms with Crippen LogP contribution in [0, 0.1) is 0 Å². The van der Waals surface area contributed by atoms with Gasteiger partial charge < -0.3 is 36.3 Å². The van der Waals surface area contributed by atoms with Gasteiger partial charge in [0.25, 0.3) is 0 Å². The van der Waals surface area contributed by atoms with Crippen LogP contribution >= 0.6 is 12.2 Å². The van der Waals surface area contributed by atoms with Crippen LogP contribution in [0.2, 0.25) is 0 Å². The van der Waals surface area contributed by atoms with Gasteiger partial charge in [0.15, 0.2) is 5.11 Å². The summed E-state index contributed by atoms with van der Waals surface area (Å²) in [4.78, 5) is 0. The number of rotatable bonds is 0. The van der Waals surface area contributed by atoms with Crippen LogP contribution in [0.3, 0.4) is 0 Å². The third-order valence-electron chi connectivity index (χ3n) is 0. The summed E-state index contributed by atoms with van der Waals surface area (Å²) >= 11 is 4.09. The minimum absolute atomic E-state index is 0. The number of halogens is 2. The maximum absolute atomic E-state index is 4.62. The van der Waals surface area contributed by atoms with Crippen molar-refractivity contribution in [1.82, 2.24) is 0 Å². The average Bonchev–Trinajstić information content (AvgIpc) is 0.811. The number of hydrogen-bond donors (Lipinski definition) is 2. The van der Waals surface area contributed by atoms with Gasteiger partial charge in [-0.15, -0.1) is 0 Å². The van der Waals surface area contributed by atoms with Crippen molar-refractivity contribution >= 4 is 17.3 Å². The van der Waals surface area contributed by atoms with Crippen molar-refractivity contribution in [2.45, 2.75) is 0 Å². The number of nitrogens with two attached hydrogens (primary N) is 2. The van der Waals surface area contributed by atoms with Crippen LogP contribution in [0.15, 0.2) is 0 Å². The quantitative estimate of drug-likeness (QED) is 0.309. The zero-order valence-electron chi connectivity index (χ0n) is 3.12. The Bertz CT molecular complexity index is 38.7. The minimum atomic E-state index is 0. The van der Waals surface area contributed by atoms with Gasteiger partial charge in [0.2, 0.25) is 0 Å². The molecule has 0 rings (SSSR count). The molecule has 0 aromatic rings. The first-order chi connectivity index (χ1) is 1.73. The summed E-state index contributed by atoms with van der Waals surface area (Å²) in [6.07, 6.45) is 0. The topological polar surface area (TPSA) is 52.0 Å². The molecule has 0 aromatic heterocycles. The Hall–Kier alpha value is 0.789. The minimum Gasteiger partial charge on any atom is -1.00 e. The van der Waals surface area contributed by atoms with Gasteiger partial charge >= 0.3 is 17.1 Å². The zero-order valence-corrected chi connectivity index (χ0v) is 6.39. The van der Waals surface area contributed by atoms with E-state index >= 15 is 0 Å². The van der Waals surface area contributed by atoms with Gasteiger partial charge in [0.1, 0.15) is 0 Å². The molecule has 7 heavy (non-hydrogen) atoms. The van der Waals surface area contributed by atoms with Crippen LogP contribution in [0.25, 0.3) is 0 Å². The summed E-state index contributed by atoms with van der Waals surface area (Å²) in [5.41, 5.74) is 9.24. The van der Waals surface area contributed by atoms with Gasteiger partial charge in [-0.25, -0.2) is 0 Å². The van der Waals surface area contributed by atoms with Gasteiger partial charge in [-0.2, -0.15) is 0 Å². The van der Waals surface area contributed by atoms with Gasteiger partial charge in [-0.05, 0) is 12.2 Å². The summed E-state index contributed by atoms with van der Waals surface area (Å²) in [5.74, 6) is 0. The van der Waals surface area contributed by atoms with E-state index in [1.807, 2.05) is 0 Å². The van der Waals surface area contributed by atoms with Crippen molar-refractivity contribution in [1.29, 1.82) is 0 Å². The third-order valence-corrected chi connectivity index (χ3v) is 0. The monoisotopic (exact) mass is 209 g/mol. The zero-order chi connectivity index (χ0) is 3.58. The van der Waals surface area contributed by atoms with E-state index in [0.717, 1.165) is 0 Å². The summed E-state index contributed by atoms with van der Waals surface area (Å²) in [6, 6.07) is 0. The van der Waals surface area contributed by atoms with Crippen molar-refractivity contribution in [3.05, 3.63) is 0 Å². The van der Waals surface area contributed by atoms with E-state index in [0.29, 0.717) is 0 Å². The standard InChI is InChI=1S/CH4N2S.2ClH.Cu/c2-1(3)4;;;/h(H4,2,3,4);2*1H;/q;;;+2/p-2. The van der Waals surface area contributed by atoms with Crippen molar-refractivity contribution in [2.75, 3.05) is 0 Å². The molecule has 4 N–H and O–H groups in total. The number of thiocarbonyl (C=S) groups is 1. The maximum atomic E-state index is 4.62. The molecule has 0 bridgehead atoms. The van der Waals surface area contributed by atoms with Crippen molar-refractivity contribution in [2.24, 2.45) is 11.5 Å². The molecule has 0 heterocycles. The summed E-state index contributed by atoms with van der Waals surface area (Å²) < 4.78 is 0. The predicted molar refractivity (Wildman–Crippen MR) is 21.0 cm³/mol. The first kappa shape index (κ1) is 25.0. The van der Waals surface area contributed by atoms with E-state index in [2.05, 4.69) is 23.7 Å². The molecule has 0 aliphatic heterocycles. The Morgan fingerprint density at radius 2 is 1.14 bits per heavy atom. The van der Waals surface area contributed by atoms with Gasteiger partial charge in [0.05, 0.1) is 0 Å². The van der Waals surface area contributed by atoms with Crippen LogP contribution in [-0.2, 0) is 17.1 Å². The molecule has 0 saturated carbocycles. The average molecular weight is 211 g/mol. The van der Waals surface area contributed by atoms with Crippen molar-refractivity contribution in [3.8, 4) is 0 Å². The first-order valence-electron chi connectivity index (χ1n) is 0.781. The maximum Gasteiger partial charge on any atom is 2.00 e. The molecule has 0 unspecified atom stereocenters. The first-order valence-corrected chi connectivity index (χ1v) is 1.19. The molecule has 0 aromatic carbocycles. The Balaban J connectivity index is -0.0000000150. The smallest absolute Gasteiger partial charge is 1.00 e. The molecule has 0 saturated heterocycles. The summed E-state index contributed by atoms with van der Waals surface area (Å²) in [7, 11) is 0. The molecule has 0 aliphatic rings.